The average molecular weight is 247 g/mol. The standard InChI is InChI=1S/C14H15ClSi/c1-16(2,15)14-10-8-13(9-11-14)12-6-4-3-5-7-12/h3-11H,1-2H3. The van der Waals surface area contributed by atoms with Crippen molar-refractivity contribution < 1.29 is 0 Å². The molecule has 2 aromatic carbocycles. The fourth-order valence-electron chi connectivity index (χ4n) is 1.69. The van der Waals surface area contributed by atoms with Crippen molar-refractivity contribution in [2.24, 2.45) is 0 Å². The first-order valence-corrected chi connectivity index (χ1v) is 9.43. The van der Waals surface area contributed by atoms with Gasteiger partial charge in [0.05, 0.1) is 0 Å². The Balaban J connectivity index is 2.34. The predicted octanol–water partition coefficient (Wildman–Crippen LogP) is 4.00. The normalized spacial score (nSPS) is 11.4. The van der Waals surface area contributed by atoms with Gasteiger partial charge in [-0.2, -0.15) is 11.1 Å². The monoisotopic (exact) mass is 246 g/mol. The molecule has 0 N–H and O–H groups in total. The van der Waals surface area contributed by atoms with Crippen LogP contribution in [0.25, 0.3) is 11.1 Å². The lowest BCUT2D eigenvalue weighted by Gasteiger charge is -2.13. The first kappa shape index (κ1) is 11.4. The molecule has 0 aromatic heterocycles. The Kier molecular flexibility index (Phi) is 3.17. The molecule has 0 radical (unpaired) electrons. The van der Waals surface area contributed by atoms with Crippen LogP contribution in [0.1, 0.15) is 0 Å². The quantitative estimate of drug-likeness (QED) is 0.555. The zero-order chi connectivity index (χ0) is 11.6. The number of benzene rings is 2. The van der Waals surface area contributed by atoms with E-state index in [1.54, 1.807) is 0 Å². The van der Waals surface area contributed by atoms with Gasteiger partial charge in [-0.3, -0.25) is 0 Å². The summed E-state index contributed by atoms with van der Waals surface area (Å²) in [5.41, 5.74) is 2.50. The van der Waals surface area contributed by atoms with E-state index in [0.717, 1.165) is 0 Å². The lowest BCUT2D eigenvalue weighted by atomic mass is 10.1. The van der Waals surface area contributed by atoms with Gasteiger partial charge in [0.2, 0.25) is 0 Å². The molecule has 2 rings (SSSR count). The zero-order valence-electron chi connectivity index (χ0n) is 9.57. The topological polar surface area (TPSA) is 0 Å². The van der Waals surface area contributed by atoms with Gasteiger partial charge >= 0.3 is 0 Å². The summed E-state index contributed by atoms with van der Waals surface area (Å²) in [6.07, 6.45) is 0. The summed E-state index contributed by atoms with van der Waals surface area (Å²) >= 11 is 6.40. The highest BCUT2D eigenvalue weighted by Crippen LogP contribution is 2.18. The fraction of sp³-hybridized carbons (Fsp3) is 0.143. The number of rotatable bonds is 2. The molecule has 0 atom stereocenters. The van der Waals surface area contributed by atoms with Crippen LogP contribution >= 0.6 is 11.1 Å². The fourth-order valence-corrected chi connectivity index (χ4v) is 3.03. The Labute approximate surface area is 103 Å². The molecule has 0 aliphatic heterocycles. The maximum absolute atomic E-state index is 6.40. The lowest BCUT2D eigenvalue weighted by Crippen LogP contribution is -2.34. The molecule has 0 saturated heterocycles. The van der Waals surface area contributed by atoms with Crippen LogP contribution in [0.3, 0.4) is 0 Å². The summed E-state index contributed by atoms with van der Waals surface area (Å²) < 4.78 is 0. The van der Waals surface area contributed by atoms with Gasteiger partial charge in [0.15, 0.2) is 7.38 Å². The molecule has 16 heavy (non-hydrogen) atoms. The van der Waals surface area contributed by atoms with Gasteiger partial charge in [-0.05, 0) is 16.3 Å². The molecule has 0 aliphatic rings. The Morgan fingerprint density at radius 1 is 0.750 bits per heavy atom. The van der Waals surface area contributed by atoms with E-state index in [-0.39, 0.29) is 0 Å². The van der Waals surface area contributed by atoms with E-state index in [1.807, 2.05) is 6.07 Å². The van der Waals surface area contributed by atoms with E-state index in [0.29, 0.717) is 0 Å². The summed E-state index contributed by atoms with van der Waals surface area (Å²) in [5, 5.41) is 1.29. The van der Waals surface area contributed by atoms with Crippen molar-refractivity contribution >= 4 is 23.6 Å². The lowest BCUT2D eigenvalue weighted by molar-refractivity contribution is 1.63. The molecule has 0 aliphatic carbocycles. The maximum atomic E-state index is 6.40. The van der Waals surface area contributed by atoms with Gasteiger partial charge in [0.25, 0.3) is 0 Å². The van der Waals surface area contributed by atoms with Crippen molar-refractivity contribution in [3.05, 3.63) is 54.6 Å². The molecule has 82 valence electrons. The second-order valence-electron chi connectivity index (χ2n) is 4.42. The van der Waals surface area contributed by atoms with Crippen molar-refractivity contribution in [3.8, 4) is 11.1 Å². The molecule has 0 heterocycles. The van der Waals surface area contributed by atoms with Crippen molar-refractivity contribution in [3.63, 3.8) is 0 Å². The SMILES string of the molecule is C[Si](C)(Cl)c1ccc(-c2ccccc2)cc1. The highest BCUT2D eigenvalue weighted by molar-refractivity contribution is 7.26. The van der Waals surface area contributed by atoms with Crippen LogP contribution in [0.5, 0.6) is 0 Å². The molecular weight excluding hydrogens is 232 g/mol. The van der Waals surface area contributed by atoms with Crippen LogP contribution in [0, 0.1) is 0 Å². The third kappa shape index (κ3) is 2.54. The first-order valence-electron chi connectivity index (χ1n) is 5.42. The van der Waals surface area contributed by atoms with Crippen molar-refractivity contribution in [1.82, 2.24) is 0 Å². The van der Waals surface area contributed by atoms with E-state index in [1.165, 1.54) is 16.3 Å². The Hall–Kier alpha value is -1.05. The summed E-state index contributed by atoms with van der Waals surface area (Å²) in [4.78, 5) is 0. The van der Waals surface area contributed by atoms with Gasteiger partial charge in [0, 0.05) is 0 Å². The van der Waals surface area contributed by atoms with Crippen LogP contribution < -0.4 is 5.19 Å². The van der Waals surface area contributed by atoms with Crippen molar-refractivity contribution in [2.45, 2.75) is 13.1 Å². The van der Waals surface area contributed by atoms with Crippen LogP contribution in [0.4, 0.5) is 0 Å². The molecule has 0 bridgehead atoms. The minimum absolute atomic E-state index is 1.25. The van der Waals surface area contributed by atoms with Gasteiger partial charge in [0.1, 0.15) is 0 Å². The smallest absolute Gasteiger partial charge is 0.162 e. The highest BCUT2D eigenvalue weighted by atomic mass is 35.6. The largest absolute Gasteiger partial charge is 0.180 e. The molecule has 0 spiro atoms. The summed E-state index contributed by atoms with van der Waals surface area (Å²) in [5.74, 6) is 0. The van der Waals surface area contributed by atoms with E-state index in [9.17, 15) is 0 Å². The van der Waals surface area contributed by atoms with E-state index in [2.05, 4.69) is 61.6 Å². The van der Waals surface area contributed by atoms with Gasteiger partial charge in [-0.15, -0.1) is 0 Å². The minimum Gasteiger partial charge on any atom is -0.162 e. The first-order chi connectivity index (χ1) is 7.57. The summed E-state index contributed by atoms with van der Waals surface area (Å²) in [7, 11) is -1.68. The Morgan fingerprint density at radius 2 is 1.25 bits per heavy atom. The second-order valence-corrected chi connectivity index (χ2v) is 10.8. The van der Waals surface area contributed by atoms with Gasteiger partial charge in [-0.25, -0.2) is 0 Å². The molecule has 0 fully saturated rings. The second kappa shape index (κ2) is 4.44. The zero-order valence-corrected chi connectivity index (χ0v) is 11.3. The Bertz CT molecular complexity index is 454. The molecule has 0 unspecified atom stereocenters. The summed E-state index contributed by atoms with van der Waals surface area (Å²) in [6.45, 7) is 4.29. The molecule has 0 amide bonds. The molecule has 2 heteroatoms. The number of halogens is 1. The van der Waals surface area contributed by atoms with Crippen LogP contribution in [-0.2, 0) is 0 Å². The molecule has 0 saturated carbocycles. The van der Waals surface area contributed by atoms with E-state index >= 15 is 0 Å². The maximum Gasteiger partial charge on any atom is 0.180 e. The number of hydrogen-bond donors (Lipinski definition) is 0. The molecular formula is C14H15ClSi. The van der Waals surface area contributed by atoms with E-state index in [4.69, 9.17) is 11.1 Å². The van der Waals surface area contributed by atoms with Gasteiger partial charge in [-0.1, -0.05) is 67.7 Å². The molecule has 0 nitrogen and oxygen atoms in total. The number of hydrogen-bond acceptors (Lipinski definition) is 0. The minimum atomic E-state index is -1.68. The Morgan fingerprint density at radius 3 is 1.75 bits per heavy atom. The molecule has 2 aromatic rings. The van der Waals surface area contributed by atoms with Crippen molar-refractivity contribution in [2.75, 3.05) is 0 Å². The van der Waals surface area contributed by atoms with Gasteiger partial charge < -0.3 is 0 Å². The third-order valence-electron chi connectivity index (χ3n) is 2.68. The van der Waals surface area contributed by atoms with Crippen LogP contribution in [0.2, 0.25) is 13.1 Å². The van der Waals surface area contributed by atoms with Crippen LogP contribution in [0.15, 0.2) is 54.6 Å². The third-order valence-corrected chi connectivity index (χ3v) is 5.04. The highest BCUT2D eigenvalue weighted by Gasteiger charge is 2.19. The van der Waals surface area contributed by atoms with Crippen molar-refractivity contribution in [1.29, 1.82) is 0 Å². The van der Waals surface area contributed by atoms with E-state index < -0.39 is 7.38 Å². The average Bonchev–Trinajstić information content (AvgIpc) is 2.29. The summed E-state index contributed by atoms with van der Waals surface area (Å²) in [6, 6.07) is 19.0. The van der Waals surface area contributed by atoms with Crippen LogP contribution in [-0.4, -0.2) is 7.38 Å². The predicted molar refractivity (Wildman–Crippen MR) is 74.8 cm³/mol.